The molecule has 0 N–H and O–H groups in total. The molecule has 1 fully saturated rings. The molecular formula is C13H17Cl2NO3S. The monoisotopic (exact) mass is 337 g/mol. The average molecular weight is 338 g/mol. The summed E-state index contributed by atoms with van der Waals surface area (Å²) in [5.74, 6) is 0.463. The molecule has 1 aromatic rings. The van der Waals surface area contributed by atoms with Crippen LogP contribution in [-0.4, -0.2) is 32.9 Å². The van der Waals surface area contributed by atoms with E-state index in [1.807, 2.05) is 6.92 Å². The maximum absolute atomic E-state index is 12.7. The molecule has 1 aromatic carbocycles. The third-order valence-corrected chi connectivity index (χ3v) is 6.13. The molecule has 112 valence electrons. The molecule has 0 saturated carbocycles. The van der Waals surface area contributed by atoms with Gasteiger partial charge < -0.3 is 4.74 Å². The summed E-state index contributed by atoms with van der Waals surface area (Å²) in [6.45, 7) is 3.09. The van der Waals surface area contributed by atoms with E-state index < -0.39 is 10.0 Å². The number of nitrogens with zero attached hydrogens (tertiary/aromatic N) is 1. The van der Waals surface area contributed by atoms with E-state index >= 15 is 0 Å². The van der Waals surface area contributed by atoms with Crippen LogP contribution in [0.4, 0.5) is 0 Å². The minimum atomic E-state index is -3.61. The van der Waals surface area contributed by atoms with Crippen molar-refractivity contribution in [3.63, 3.8) is 0 Å². The van der Waals surface area contributed by atoms with Crippen LogP contribution < -0.4 is 4.74 Å². The van der Waals surface area contributed by atoms with Crippen LogP contribution in [0.15, 0.2) is 17.0 Å². The summed E-state index contributed by atoms with van der Waals surface area (Å²) in [6, 6.07) is 2.92. The van der Waals surface area contributed by atoms with E-state index in [2.05, 4.69) is 0 Å². The number of ether oxygens (including phenoxy) is 1. The maximum atomic E-state index is 12.7. The van der Waals surface area contributed by atoms with E-state index in [1.54, 1.807) is 0 Å². The minimum absolute atomic E-state index is 0.0727. The number of methoxy groups -OCH3 is 1. The van der Waals surface area contributed by atoms with Crippen molar-refractivity contribution in [2.45, 2.75) is 24.7 Å². The molecule has 0 bridgehead atoms. The van der Waals surface area contributed by atoms with Crippen molar-refractivity contribution < 1.29 is 13.2 Å². The molecule has 20 heavy (non-hydrogen) atoms. The van der Waals surface area contributed by atoms with Gasteiger partial charge in [0.1, 0.15) is 9.92 Å². The van der Waals surface area contributed by atoms with Crippen molar-refractivity contribution in [3.8, 4) is 5.75 Å². The van der Waals surface area contributed by atoms with Crippen LogP contribution in [0.2, 0.25) is 10.0 Å². The van der Waals surface area contributed by atoms with Crippen LogP contribution in [0, 0.1) is 5.92 Å². The molecule has 1 heterocycles. The highest BCUT2D eigenvalue weighted by molar-refractivity contribution is 7.89. The molecule has 0 aliphatic carbocycles. The number of sulfonamides is 1. The van der Waals surface area contributed by atoms with Gasteiger partial charge in [0.25, 0.3) is 0 Å². The van der Waals surface area contributed by atoms with Crippen molar-refractivity contribution in [1.82, 2.24) is 4.31 Å². The van der Waals surface area contributed by atoms with Crippen molar-refractivity contribution in [2.75, 3.05) is 20.2 Å². The molecular weight excluding hydrogens is 321 g/mol. The number of benzene rings is 1. The predicted molar refractivity (Wildman–Crippen MR) is 80.2 cm³/mol. The third-order valence-electron chi connectivity index (χ3n) is 3.46. The van der Waals surface area contributed by atoms with Crippen LogP contribution in [0.25, 0.3) is 0 Å². The first-order valence-electron chi connectivity index (χ1n) is 6.40. The van der Waals surface area contributed by atoms with E-state index in [9.17, 15) is 8.42 Å². The molecule has 7 heteroatoms. The van der Waals surface area contributed by atoms with Gasteiger partial charge >= 0.3 is 0 Å². The SMILES string of the molecule is COc1c(S(=O)(=O)N2CCCC(C)C2)ccc(Cl)c1Cl. The number of halogens is 2. The van der Waals surface area contributed by atoms with E-state index in [0.717, 1.165) is 12.8 Å². The van der Waals surface area contributed by atoms with Gasteiger partial charge in [-0.1, -0.05) is 30.1 Å². The normalized spacial score (nSPS) is 20.9. The van der Waals surface area contributed by atoms with Gasteiger partial charge in [0.15, 0.2) is 5.75 Å². The quantitative estimate of drug-likeness (QED) is 0.848. The first-order valence-corrected chi connectivity index (χ1v) is 8.59. The Morgan fingerprint density at radius 1 is 1.35 bits per heavy atom. The molecule has 1 saturated heterocycles. The first kappa shape index (κ1) is 15.9. The molecule has 0 radical (unpaired) electrons. The summed E-state index contributed by atoms with van der Waals surface area (Å²) in [5.41, 5.74) is 0. The second kappa shape index (κ2) is 6.10. The van der Waals surface area contributed by atoms with Gasteiger partial charge in [-0.3, -0.25) is 0 Å². The Balaban J connectivity index is 2.46. The van der Waals surface area contributed by atoms with E-state index in [1.165, 1.54) is 23.5 Å². The molecule has 1 unspecified atom stereocenters. The second-order valence-corrected chi connectivity index (χ2v) is 7.69. The van der Waals surface area contributed by atoms with E-state index in [-0.39, 0.29) is 20.7 Å². The Hall–Kier alpha value is -0.490. The fourth-order valence-corrected chi connectivity index (χ4v) is 4.62. The van der Waals surface area contributed by atoms with Crippen molar-refractivity contribution in [1.29, 1.82) is 0 Å². The van der Waals surface area contributed by atoms with Gasteiger partial charge in [-0.05, 0) is 30.9 Å². The summed E-state index contributed by atoms with van der Waals surface area (Å²) in [6.07, 6.45) is 1.91. The second-order valence-electron chi connectivity index (χ2n) is 5.00. The van der Waals surface area contributed by atoms with E-state index in [0.29, 0.717) is 19.0 Å². The minimum Gasteiger partial charge on any atom is -0.494 e. The Kier molecular flexibility index (Phi) is 4.84. The highest BCUT2D eigenvalue weighted by Crippen LogP contribution is 2.39. The smallest absolute Gasteiger partial charge is 0.246 e. The van der Waals surface area contributed by atoms with Crippen LogP contribution in [0.1, 0.15) is 19.8 Å². The van der Waals surface area contributed by atoms with Crippen LogP contribution in [0.3, 0.4) is 0 Å². The van der Waals surface area contributed by atoms with E-state index in [4.69, 9.17) is 27.9 Å². The van der Waals surface area contributed by atoms with Crippen LogP contribution >= 0.6 is 23.2 Å². The lowest BCUT2D eigenvalue weighted by Gasteiger charge is -2.30. The molecule has 1 aliphatic heterocycles. The zero-order valence-corrected chi connectivity index (χ0v) is 13.7. The van der Waals surface area contributed by atoms with Gasteiger partial charge in [0.2, 0.25) is 10.0 Å². The highest BCUT2D eigenvalue weighted by atomic mass is 35.5. The molecule has 0 spiro atoms. The lowest BCUT2D eigenvalue weighted by Crippen LogP contribution is -2.39. The Labute approximate surface area is 129 Å². The van der Waals surface area contributed by atoms with Crippen molar-refractivity contribution in [3.05, 3.63) is 22.2 Å². The first-order chi connectivity index (χ1) is 9.37. The Morgan fingerprint density at radius 2 is 2.05 bits per heavy atom. The molecule has 1 aliphatic rings. The zero-order valence-electron chi connectivity index (χ0n) is 11.4. The predicted octanol–water partition coefficient (Wildman–Crippen LogP) is 3.42. The third kappa shape index (κ3) is 2.91. The fraction of sp³-hybridized carbons (Fsp3) is 0.538. The van der Waals surface area contributed by atoms with Crippen molar-refractivity contribution >= 4 is 33.2 Å². The standard InChI is InChI=1S/C13H17Cl2NO3S/c1-9-4-3-7-16(8-9)20(17,18)11-6-5-10(14)12(15)13(11)19-2/h5-6,9H,3-4,7-8H2,1-2H3. The fourth-order valence-electron chi connectivity index (χ4n) is 2.41. The Morgan fingerprint density at radius 3 is 2.65 bits per heavy atom. The number of hydrogen-bond donors (Lipinski definition) is 0. The average Bonchev–Trinajstić information content (AvgIpc) is 2.41. The summed E-state index contributed by atoms with van der Waals surface area (Å²) in [4.78, 5) is 0.0727. The molecule has 4 nitrogen and oxygen atoms in total. The van der Waals surface area contributed by atoms with Gasteiger partial charge in [-0.25, -0.2) is 8.42 Å². The number of piperidine rings is 1. The van der Waals surface area contributed by atoms with Gasteiger partial charge in [-0.2, -0.15) is 4.31 Å². The topological polar surface area (TPSA) is 46.6 Å². The summed E-state index contributed by atoms with van der Waals surface area (Å²) >= 11 is 11.9. The van der Waals surface area contributed by atoms with Gasteiger partial charge in [-0.15, -0.1) is 0 Å². The molecule has 1 atom stereocenters. The largest absolute Gasteiger partial charge is 0.494 e. The van der Waals surface area contributed by atoms with Gasteiger partial charge in [0, 0.05) is 13.1 Å². The lowest BCUT2D eigenvalue weighted by atomic mass is 10.0. The van der Waals surface area contributed by atoms with Crippen molar-refractivity contribution in [2.24, 2.45) is 5.92 Å². The van der Waals surface area contributed by atoms with Crippen LogP contribution in [0.5, 0.6) is 5.75 Å². The highest BCUT2D eigenvalue weighted by Gasteiger charge is 2.32. The summed E-state index contributed by atoms with van der Waals surface area (Å²) < 4.78 is 32.1. The van der Waals surface area contributed by atoms with Gasteiger partial charge in [0.05, 0.1) is 12.1 Å². The summed E-state index contributed by atoms with van der Waals surface area (Å²) in [7, 11) is -2.23. The van der Waals surface area contributed by atoms with Crippen LogP contribution in [-0.2, 0) is 10.0 Å². The molecule has 0 aromatic heterocycles. The lowest BCUT2D eigenvalue weighted by molar-refractivity contribution is 0.280. The number of rotatable bonds is 3. The summed E-state index contributed by atoms with van der Waals surface area (Å²) in [5, 5.41) is 0.398. The zero-order chi connectivity index (χ0) is 14.9. The molecule has 2 rings (SSSR count). The Bertz CT molecular complexity index is 604. The molecule has 0 amide bonds. The maximum Gasteiger partial charge on any atom is 0.246 e. The number of hydrogen-bond acceptors (Lipinski definition) is 3.